The van der Waals surface area contributed by atoms with Crippen LogP contribution in [0.15, 0.2) is 24.3 Å². The normalized spacial score (nSPS) is 14.6. The molecule has 0 spiro atoms. The lowest BCUT2D eigenvalue weighted by Crippen LogP contribution is -2.47. The molecule has 0 bridgehead atoms. The second-order valence-electron chi connectivity index (χ2n) is 15.0. The Morgan fingerprint density at radius 1 is 0.839 bits per heavy atom. The van der Waals surface area contributed by atoms with Crippen molar-refractivity contribution in [3.8, 4) is 6.07 Å². The summed E-state index contributed by atoms with van der Waals surface area (Å²) in [6.45, 7) is 18.5. The molecule has 1 N–H and O–H groups in total. The molecule has 2 aromatic rings. The molecule has 19 heteroatoms. The molecule has 2 saturated heterocycles. The minimum Gasteiger partial charge on any atom is -0.444 e. The highest BCUT2D eigenvalue weighted by molar-refractivity contribution is 6.29. The van der Waals surface area contributed by atoms with Crippen molar-refractivity contribution in [3.05, 3.63) is 61.0 Å². The number of nitro groups is 2. The largest absolute Gasteiger partial charge is 0.444 e. The summed E-state index contributed by atoms with van der Waals surface area (Å²) in [7, 11) is 3.90. The third kappa shape index (κ3) is 18.0. The number of aromatic nitrogens is 2. The topological polar surface area (TPSA) is 227 Å². The Hall–Kier alpha value is -5.15. The molecule has 2 aromatic heterocycles. The second kappa shape index (κ2) is 22.4. The van der Waals surface area contributed by atoms with E-state index in [0.717, 1.165) is 38.8 Å². The summed E-state index contributed by atoms with van der Waals surface area (Å²) in [6.07, 6.45) is 3.15. The first-order valence-corrected chi connectivity index (χ1v) is 18.4. The predicted octanol–water partition coefficient (Wildman–Crippen LogP) is 6.79. The first-order chi connectivity index (χ1) is 25.9. The molecule has 0 saturated carbocycles. The summed E-state index contributed by atoms with van der Waals surface area (Å²) < 4.78 is 10.7. The number of hydrogen-bond acceptors (Lipinski definition) is 14. The van der Waals surface area contributed by atoms with E-state index in [2.05, 4.69) is 15.3 Å². The number of nitrogens with zero attached hydrogens (tertiary/aromatic N) is 8. The van der Waals surface area contributed by atoms with E-state index in [1.165, 1.54) is 31.2 Å². The molecule has 2 aliphatic heterocycles. The Labute approximate surface area is 333 Å². The van der Waals surface area contributed by atoms with Gasteiger partial charge in [0.05, 0.1) is 9.85 Å². The van der Waals surface area contributed by atoms with Gasteiger partial charge in [0, 0.05) is 64.4 Å². The van der Waals surface area contributed by atoms with E-state index >= 15 is 0 Å². The van der Waals surface area contributed by atoms with E-state index < -0.39 is 26.8 Å². The van der Waals surface area contributed by atoms with Crippen LogP contribution in [0.4, 0.5) is 26.8 Å². The van der Waals surface area contributed by atoms with E-state index in [4.69, 9.17) is 26.3 Å². The molecular weight excluding hydrogens is 750 g/mol. The smallest absolute Gasteiger partial charge is 0.410 e. The van der Waals surface area contributed by atoms with Gasteiger partial charge in [-0.15, -0.1) is 0 Å². The van der Waals surface area contributed by atoms with Crippen molar-refractivity contribution in [2.24, 2.45) is 0 Å². The zero-order chi connectivity index (χ0) is 43.0. The number of anilines is 1. The lowest BCUT2D eigenvalue weighted by Gasteiger charge is -2.37. The number of hydrogen-bond donors (Lipinski definition) is 1. The molecule has 56 heavy (non-hydrogen) atoms. The van der Waals surface area contributed by atoms with Crippen molar-refractivity contribution < 1.29 is 33.7 Å². The fourth-order valence-electron chi connectivity index (χ4n) is 5.27. The van der Waals surface area contributed by atoms with Crippen LogP contribution in [0.2, 0.25) is 5.15 Å². The monoisotopic (exact) mass is 805 g/mol. The quantitative estimate of drug-likeness (QED) is 0.142. The van der Waals surface area contributed by atoms with Gasteiger partial charge in [-0.2, -0.15) is 5.26 Å². The molecule has 18 nitrogen and oxygen atoms in total. The Kier molecular flexibility index (Phi) is 19.6. The van der Waals surface area contributed by atoms with Crippen LogP contribution in [0.1, 0.15) is 85.5 Å². The highest BCUT2D eigenvalue weighted by Crippen LogP contribution is 2.25. The number of nitriles is 1. The van der Waals surface area contributed by atoms with Crippen LogP contribution in [0.25, 0.3) is 0 Å². The third-order valence-electron chi connectivity index (χ3n) is 8.20. The van der Waals surface area contributed by atoms with E-state index in [1.807, 2.05) is 60.5 Å². The second-order valence-corrected chi connectivity index (χ2v) is 15.4. The molecule has 4 heterocycles. The standard InChI is InChI=1S/C17H26N4O4.C11H22N2O2.C6H5ClN2O2.C3H3NO/c1-12-14(21(23)24)6-7-15(18-12)19(5)13-8-10-20(11-9-13)16(22)25-17(2,3)4;1-11(2,3)15-10(14)13-7-5-9(12-4)6-8-13;1-4-5(9(10)11)2-3-6(7)8-4;1-3(5)2-4/h6-7,13H,8-11H2,1-5H3;9,12H,5-8H2,1-4H3;2-3H,1H3;1H3. The van der Waals surface area contributed by atoms with E-state index in [9.17, 15) is 34.6 Å². The molecular formula is C37H56ClN9O9. The van der Waals surface area contributed by atoms with Gasteiger partial charge in [0.25, 0.3) is 11.4 Å². The Morgan fingerprint density at radius 3 is 1.57 bits per heavy atom. The number of carbonyl (C=O) groups excluding carboxylic acids is 3. The van der Waals surface area contributed by atoms with Gasteiger partial charge in [0.15, 0.2) is 0 Å². The molecule has 2 fully saturated rings. The van der Waals surface area contributed by atoms with Crippen molar-refractivity contribution >= 4 is 46.8 Å². The highest BCUT2D eigenvalue weighted by Gasteiger charge is 2.30. The summed E-state index contributed by atoms with van der Waals surface area (Å²) in [5.41, 5.74) is -0.128. The van der Waals surface area contributed by atoms with Crippen molar-refractivity contribution in [1.82, 2.24) is 25.1 Å². The van der Waals surface area contributed by atoms with Crippen molar-refractivity contribution in [1.29, 1.82) is 5.26 Å². The number of piperidine rings is 2. The van der Waals surface area contributed by atoms with E-state index in [-0.39, 0.29) is 34.8 Å². The molecule has 310 valence electrons. The first-order valence-electron chi connectivity index (χ1n) is 18.0. The molecule has 0 atom stereocenters. The summed E-state index contributed by atoms with van der Waals surface area (Å²) >= 11 is 5.49. The van der Waals surface area contributed by atoms with Gasteiger partial charge in [0.1, 0.15) is 39.6 Å². The molecule has 0 unspecified atom stereocenters. The number of ether oxygens (including phenoxy) is 2. The lowest BCUT2D eigenvalue weighted by molar-refractivity contribution is -0.385. The Bertz CT molecular complexity index is 1690. The van der Waals surface area contributed by atoms with E-state index in [0.29, 0.717) is 36.3 Å². The maximum atomic E-state index is 12.1. The lowest BCUT2D eigenvalue weighted by atomic mass is 10.0. The van der Waals surface area contributed by atoms with E-state index in [1.54, 1.807) is 29.7 Å². The number of likely N-dealkylation sites (tertiary alicyclic amines) is 2. The van der Waals surface area contributed by atoms with Crippen LogP contribution >= 0.6 is 11.6 Å². The number of rotatable bonds is 5. The van der Waals surface area contributed by atoms with Crippen LogP contribution in [0, 0.1) is 45.4 Å². The maximum Gasteiger partial charge on any atom is 0.410 e. The van der Waals surface area contributed by atoms with Gasteiger partial charge >= 0.3 is 12.2 Å². The van der Waals surface area contributed by atoms with Crippen molar-refractivity contribution in [2.75, 3.05) is 45.2 Å². The van der Waals surface area contributed by atoms with Crippen LogP contribution in [-0.2, 0) is 14.3 Å². The summed E-state index contributed by atoms with van der Waals surface area (Å²) in [5.74, 6) is 0.267. The SMILES string of the molecule is CC(=O)C#N.CNC1CCN(C(=O)OC(C)(C)C)CC1.Cc1nc(Cl)ccc1[N+](=O)[O-].Cc1nc(N(C)C2CCN(C(=O)OC(C)(C)C)CC2)ccc1[N+](=O)[O-]. The van der Waals surface area contributed by atoms with Gasteiger partial charge in [0.2, 0.25) is 5.78 Å². The number of ketones is 1. The summed E-state index contributed by atoms with van der Waals surface area (Å²) in [4.78, 5) is 67.1. The zero-order valence-corrected chi connectivity index (χ0v) is 35.0. The minimum absolute atomic E-state index is 0.00519. The number of amides is 2. The van der Waals surface area contributed by atoms with Crippen molar-refractivity contribution in [3.63, 3.8) is 0 Å². The average Bonchev–Trinajstić information content (AvgIpc) is 3.10. The number of aryl methyl sites for hydroxylation is 2. The number of carbonyl (C=O) groups is 3. The highest BCUT2D eigenvalue weighted by atomic mass is 35.5. The van der Waals surface area contributed by atoms with Gasteiger partial charge in [-0.3, -0.25) is 25.0 Å². The number of halogens is 1. The Morgan fingerprint density at radius 2 is 1.23 bits per heavy atom. The number of nitrogens with one attached hydrogen (secondary N) is 1. The van der Waals surface area contributed by atoms with Crippen molar-refractivity contribution in [2.45, 2.75) is 111 Å². The fraction of sp³-hybridized carbons (Fsp3) is 0.622. The number of pyridine rings is 2. The van der Waals surface area contributed by atoms with Gasteiger partial charge in [-0.25, -0.2) is 19.6 Å². The van der Waals surface area contributed by atoms with Gasteiger partial charge < -0.3 is 29.5 Å². The average molecular weight is 806 g/mol. The molecule has 2 aliphatic rings. The molecule has 0 aromatic carbocycles. The molecule has 4 rings (SSSR count). The molecule has 0 radical (unpaired) electrons. The Balaban J connectivity index is 0.000000428. The van der Waals surface area contributed by atoms with Crippen LogP contribution in [-0.4, -0.2) is 111 Å². The third-order valence-corrected chi connectivity index (χ3v) is 8.41. The van der Waals surface area contributed by atoms with Gasteiger partial charge in [-0.05, 0) is 100 Å². The van der Waals surface area contributed by atoms with Crippen LogP contribution in [0.5, 0.6) is 0 Å². The zero-order valence-electron chi connectivity index (χ0n) is 34.3. The molecule has 2 amide bonds. The minimum atomic E-state index is -0.495. The van der Waals surface area contributed by atoms with Crippen LogP contribution < -0.4 is 10.2 Å². The summed E-state index contributed by atoms with van der Waals surface area (Å²) in [5, 5.41) is 32.2. The fourth-order valence-corrected chi connectivity index (χ4v) is 5.46. The predicted molar refractivity (Wildman–Crippen MR) is 212 cm³/mol. The number of Topliss-reactive ketones (excluding diaryl/α,β-unsaturated/α-hetero) is 1. The van der Waals surface area contributed by atoms with Crippen LogP contribution in [0.3, 0.4) is 0 Å². The first kappa shape index (κ1) is 48.9. The molecule has 0 aliphatic carbocycles. The van der Waals surface area contributed by atoms with Gasteiger partial charge in [-0.1, -0.05) is 11.6 Å². The summed E-state index contributed by atoms with van der Waals surface area (Å²) in [6, 6.07) is 8.06. The maximum absolute atomic E-state index is 12.1.